The summed E-state index contributed by atoms with van der Waals surface area (Å²) in [4.78, 5) is 0. The molecule has 6 heteroatoms. The monoisotopic (exact) mass is 464 g/mol. The van der Waals surface area contributed by atoms with E-state index in [9.17, 15) is 9.50 Å². The minimum absolute atomic E-state index is 0.323. The molecule has 0 saturated carbocycles. The van der Waals surface area contributed by atoms with Crippen molar-refractivity contribution in [3.05, 3.63) is 55.3 Å². The summed E-state index contributed by atoms with van der Waals surface area (Å²) in [6.07, 6.45) is -0.872. The van der Waals surface area contributed by atoms with Gasteiger partial charge in [0.1, 0.15) is 25.1 Å². The highest BCUT2D eigenvalue weighted by atomic mass is 127. The number of halogens is 3. The van der Waals surface area contributed by atoms with Crippen LogP contribution in [0.2, 0.25) is 0 Å². The van der Waals surface area contributed by atoms with Crippen LogP contribution in [0.4, 0.5) is 4.39 Å². The average Bonchev–Trinajstić information content (AvgIpc) is 2.46. The Kier molecular flexibility index (Phi) is 4.37. The number of aliphatic hydroxyl groups is 1. The van der Waals surface area contributed by atoms with Crippen LogP contribution in [-0.2, 0) is 0 Å². The summed E-state index contributed by atoms with van der Waals surface area (Å²) in [6, 6.07) is 7.86. The van der Waals surface area contributed by atoms with Crippen LogP contribution in [0.5, 0.6) is 11.5 Å². The van der Waals surface area contributed by atoms with Gasteiger partial charge in [-0.2, -0.15) is 0 Å². The standard InChI is InChI=1S/C15H11BrFIO3/c16-11-7-14-13(20-3-4-21-14)6-10(11)15(19)9-2-1-8(17)5-12(9)18/h1-2,5-7,15,19H,3-4H2. The molecule has 1 unspecified atom stereocenters. The fraction of sp³-hybridized carbons (Fsp3) is 0.200. The molecule has 1 N–H and O–H groups in total. The summed E-state index contributed by atoms with van der Waals surface area (Å²) in [6.45, 7) is 0.995. The zero-order valence-corrected chi connectivity index (χ0v) is 14.5. The van der Waals surface area contributed by atoms with Crippen molar-refractivity contribution in [2.75, 3.05) is 13.2 Å². The number of fused-ring (bicyclic) bond motifs is 1. The smallest absolute Gasteiger partial charge is 0.162 e. The molecule has 0 amide bonds. The van der Waals surface area contributed by atoms with Gasteiger partial charge < -0.3 is 14.6 Å². The van der Waals surface area contributed by atoms with Gasteiger partial charge in [0.15, 0.2) is 11.5 Å². The molecule has 0 fully saturated rings. The van der Waals surface area contributed by atoms with Crippen molar-refractivity contribution in [3.63, 3.8) is 0 Å². The van der Waals surface area contributed by atoms with Gasteiger partial charge in [0.2, 0.25) is 0 Å². The normalized spacial score (nSPS) is 14.9. The number of hydrogen-bond acceptors (Lipinski definition) is 3. The summed E-state index contributed by atoms with van der Waals surface area (Å²) < 4.78 is 25.6. The minimum Gasteiger partial charge on any atom is -0.486 e. The first-order valence-corrected chi connectivity index (χ1v) is 8.15. The minimum atomic E-state index is -0.872. The van der Waals surface area contributed by atoms with Crippen LogP contribution in [-0.4, -0.2) is 18.3 Å². The number of benzene rings is 2. The highest BCUT2D eigenvalue weighted by Crippen LogP contribution is 2.40. The van der Waals surface area contributed by atoms with E-state index < -0.39 is 6.10 Å². The molecule has 2 aromatic carbocycles. The zero-order valence-electron chi connectivity index (χ0n) is 10.8. The number of hydrogen-bond donors (Lipinski definition) is 1. The lowest BCUT2D eigenvalue weighted by Crippen LogP contribution is -2.16. The van der Waals surface area contributed by atoms with Gasteiger partial charge in [-0.1, -0.05) is 22.0 Å². The molecule has 1 aliphatic heterocycles. The molecule has 3 rings (SSSR count). The summed E-state index contributed by atoms with van der Waals surface area (Å²) in [5.74, 6) is 0.935. The van der Waals surface area contributed by atoms with Crippen LogP contribution in [0.15, 0.2) is 34.8 Å². The van der Waals surface area contributed by atoms with Crippen LogP contribution in [0, 0.1) is 9.39 Å². The van der Waals surface area contributed by atoms with Gasteiger partial charge in [-0.05, 0) is 52.4 Å². The van der Waals surface area contributed by atoms with E-state index in [1.807, 2.05) is 22.6 Å². The highest BCUT2D eigenvalue weighted by molar-refractivity contribution is 14.1. The molecule has 0 radical (unpaired) electrons. The molecular formula is C15H11BrFIO3. The number of ether oxygens (including phenoxy) is 2. The maximum Gasteiger partial charge on any atom is 0.162 e. The van der Waals surface area contributed by atoms with Gasteiger partial charge in [0.25, 0.3) is 0 Å². The van der Waals surface area contributed by atoms with Crippen molar-refractivity contribution in [1.29, 1.82) is 0 Å². The van der Waals surface area contributed by atoms with Crippen LogP contribution in [0.25, 0.3) is 0 Å². The largest absolute Gasteiger partial charge is 0.486 e. The van der Waals surface area contributed by atoms with E-state index in [2.05, 4.69) is 15.9 Å². The zero-order chi connectivity index (χ0) is 15.0. The lowest BCUT2D eigenvalue weighted by atomic mass is 10.0. The lowest BCUT2D eigenvalue weighted by molar-refractivity contribution is 0.169. The SMILES string of the molecule is OC(c1cc2c(cc1Br)OCCO2)c1ccc(F)cc1I. The Labute approximate surface area is 143 Å². The maximum atomic E-state index is 13.2. The fourth-order valence-electron chi connectivity index (χ4n) is 2.18. The number of rotatable bonds is 2. The van der Waals surface area contributed by atoms with E-state index in [-0.39, 0.29) is 5.82 Å². The molecular weight excluding hydrogens is 454 g/mol. The van der Waals surface area contributed by atoms with Gasteiger partial charge in [-0.3, -0.25) is 0 Å². The fourth-order valence-corrected chi connectivity index (χ4v) is 3.49. The van der Waals surface area contributed by atoms with E-state index in [4.69, 9.17) is 9.47 Å². The van der Waals surface area contributed by atoms with Crippen LogP contribution >= 0.6 is 38.5 Å². The first-order chi connectivity index (χ1) is 10.1. The Morgan fingerprint density at radius 1 is 1.10 bits per heavy atom. The summed E-state index contributed by atoms with van der Waals surface area (Å²) in [7, 11) is 0. The third kappa shape index (κ3) is 3.02. The van der Waals surface area contributed by atoms with E-state index >= 15 is 0 Å². The Morgan fingerprint density at radius 3 is 2.43 bits per heavy atom. The Bertz CT molecular complexity index is 693. The van der Waals surface area contributed by atoms with Gasteiger partial charge in [-0.25, -0.2) is 4.39 Å². The van der Waals surface area contributed by atoms with E-state index in [1.165, 1.54) is 12.1 Å². The third-order valence-corrected chi connectivity index (χ3v) is 4.83. The molecule has 3 nitrogen and oxygen atoms in total. The summed E-state index contributed by atoms with van der Waals surface area (Å²) >= 11 is 5.45. The first kappa shape index (κ1) is 15.1. The first-order valence-electron chi connectivity index (χ1n) is 6.28. The Morgan fingerprint density at radius 2 is 1.76 bits per heavy atom. The van der Waals surface area contributed by atoms with Crippen LogP contribution in [0.3, 0.4) is 0 Å². The van der Waals surface area contributed by atoms with Gasteiger partial charge >= 0.3 is 0 Å². The highest BCUT2D eigenvalue weighted by Gasteiger charge is 2.21. The van der Waals surface area contributed by atoms with Crippen molar-refractivity contribution in [2.45, 2.75) is 6.10 Å². The molecule has 0 aliphatic carbocycles. The molecule has 0 saturated heterocycles. The summed E-state index contributed by atoms with van der Waals surface area (Å²) in [5, 5.41) is 10.6. The second-order valence-electron chi connectivity index (χ2n) is 4.59. The molecule has 0 bridgehead atoms. The topological polar surface area (TPSA) is 38.7 Å². The van der Waals surface area contributed by atoms with Crippen molar-refractivity contribution in [3.8, 4) is 11.5 Å². The van der Waals surface area contributed by atoms with Crippen LogP contribution in [0.1, 0.15) is 17.2 Å². The lowest BCUT2D eigenvalue weighted by Gasteiger charge is -2.22. The van der Waals surface area contributed by atoms with Crippen molar-refractivity contribution < 1.29 is 19.0 Å². The van der Waals surface area contributed by atoms with Gasteiger partial charge in [0.05, 0.1) is 0 Å². The Balaban J connectivity index is 2.03. The molecule has 1 heterocycles. The molecule has 2 aromatic rings. The average molecular weight is 465 g/mol. The second kappa shape index (κ2) is 6.10. The van der Waals surface area contributed by atoms with Crippen LogP contribution < -0.4 is 9.47 Å². The van der Waals surface area contributed by atoms with E-state index in [0.717, 1.165) is 4.47 Å². The molecule has 1 aliphatic rings. The molecule has 0 spiro atoms. The Hall–Kier alpha value is -0.860. The second-order valence-corrected chi connectivity index (χ2v) is 6.60. The molecule has 21 heavy (non-hydrogen) atoms. The van der Waals surface area contributed by atoms with Crippen molar-refractivity contribution in [1.82, 2.24) is 0 Å². The quantitative estimate of drug-likeness (QED) is 0.681. The van der Waals surface area contributed by atoms with E-state index in [0.29, 0.717) is 39.4 Å². The van der Waals surface area contributed by atoms with Gasteiger partial charge in [-0.15, -0.1) is 0 Å². The maximum absolute atomic E-state index is 13.2. The predicted octanol–water partition coefficient (Wildman–Crippen LogP) is 4.05. The number of aliphatic hydroxyl groups excluding tert-OH is 1. The predicted molar refractivity (Wildman–Crippen MR) is 88.3 cm³/mol. The molecule has 110 valence electrons. The summed E-state index contributed by atoms with van der Waals surface area (Å²) in [5.41, 5.74) is 1.30. The van der Waals surface area contributed by atoms with E-state index in [1.54, 1.807) is 18.2 Å². The van der Waals surface area contributed by atoms with Crippen molar-refractivity contribution >= 4 is 38.5 Å². The van der Waals surface area contributed by atoms with Gasteiger partial charge in [0, 0.05) is 13.6 Å². The molecule has 1 atom stereocenters. The third-order valence-electron chi connectivity index (χ3n) is 3.21. The molecule has 0 aromatic heterocycles. The van der Waals surface area contributed by atoms with Crippen molar-refractivity contribution in [2.24, 2.45) is 0 Å².